The van der Waals surface area contributed by atoms with Gasteiger partial charge in [-0.3, -0.25) is 0 Å². The fraction of sp³-hybridized carbons (Fsp3) is 0.800. The highest BCUT2D eigenvalue weighted by Crippen LogP contribution is 2.59. The Kier molecular flexibility index (Phi) is 1.46. The summed E-state index contributed by atoms with van der Waals surface area (Å²) in [7, 11) is 0. The molecule has 0 aliphatic heterocycles. The first-order valence-electron chi connectivity index (χ1n) is 4.72. The molecule has 2 saturated carbocycles. The minimum absolute atomic E-state index is 0.00984. The average molecular weight is 166 g/mol. The van der Waals surface area contributed by atoms with Crippen LogP contribution < -0.4 is 11.5 Å². The summed E-state index contributed by atoms with van der Waals surface area (Å²) in [6, 6.07) is 0. The molecule has 4 N–H and O–H groups in total. The summed E-state index contributed by atoms with van der Waals surface area (Å²) in [5, 5.41) is 0. The second-order valence-electron chi connectivity index (χ2n) is 4.66. The molecule has 0 amide bonds. The number of fused-ring (bicyclic) bond motifs is 2. The summed E-state index contributed by atoms with van der Waals surface area (Å²) in [5.41, 5.74) is 13.4. The summed E-state index contributed by atoms with van der Waals surface area (Å²) in [6.07, 6.45) is 3.47. The van der Waals surface area contributed by atoms with E-state index in [9.17, 15) is 0 Å². The lowest BCUT2D eigenvalue weighted by molar-refractivity contribution is 0.218. The fourth-order valence-corrected chi connectivity index (χ4v) is 2.98. The summed E-state index contributed by atoms with van der Waals surface area (Å²) in [6.45, 7) is 6.97. The normalized spacial score (nSPS) is 51.9. The molecule has 12 heavy (non-hydrogen) atoms. The van der Waals surface area contributed by atoms with Crippen LogP contribution in [0.25, 0.3) is 0 Å². The van der Waals surface area contributed by atoms with E-state index >= 15 is 0 Å². The molecule has 68 valence electrons. The van der Waals surface area contributed by atoms with Crippen LogP contribution in [-0.4, -0.2) is 12.1 Å². The molecule has 0 heterocycles. The van der Waals surface area contributed by atoms with Crippen molar-refractivity contribution in [3.8, 4) is 0 Å². The quantitative estimate of drug-likeness (QED) is 0.571. The summed E-state index contributed by atoms with van der Waals surface area (Å²) < 4.78 is 0. The summed E-state index contributed by atoms with van der Waals surface area (Å²) in [5.74, 6) is 0.656. The minimum atomic E-state index is -0.0382. The Morgan fingerprint density at radius 3 is 2.67 bits per heavy atom. The molecule has 0 aromatic carbocycles. The zero-order valence-electron chi connectivity index (χ0n) is 7.77. The summed E-state index contributed by atoms with van der Waals surface area (Å²) in [4.78, 5) is 0. The van der Waals surface area contributed by atoms with Gasteiger partial charge in [-0.25, -0.2) is 0 Å². The topological polar surface area (TPSA) is 52.0 Å². The first-order chi connectivity index (χ1) is 5.53. The number of hydrogen-bond donors (Lipinski definition) is 2. The van der Waals surface area contributed by atoms with Gasteiger partial charge in [-0.1, -0.05) is 19.1 Å². The van der Waals surface area contributed by atoms with E-state index in [0.29, 0.717) is 12.5 Å². The van der Waals surface area contributed by atoms with Crippen molar-refractivity contribution in [2.75, 3.05) is 6.54 Å². The van der Waals surface area contributed by atoms with Crippen LogP contribution >= 0.6 is 0 Å². The minimum Gasteiger partial charge on any atom is -0.330 e. The van der Waals surface area contributed by atoms with Gasteiger partial charge in [0.1, 0.15) is 0 Å². The fourth-order valence-electron chi connectivity index (χ4n) is 2.98. The number of rotatable bonds is 1. The van der Waals surface area contributed by atoms with Crippen molar-refractivity contribution in [3.05, 3.63) is 12.2 Å². The molecule has 0 aromatic rings. The van der Waals surface area contributed by atoms with Crippen LogP contribution in [-0.2, 0) is 0 Å². The monoisotopic (exact) mass is 166 g/mol. The van der Waals surface area contributed by atoms with Crippen molar-refractivity contribution in [2.24, 2.45) is 22.8 Å². The van der Waals surface area contributed by atoms with Crippen LogP contribution in [0.4, 0.5) is 0 Å². The van der Waals surface area contributed by atoms with E-state index < -0.39 is 0 Å². The van der Waals surface area contributed by atoms with E-state index in [4.69, 9.17) is 11.5 Å². The first kappa shape index (κ1) is 8.27. The zero-order valence-corrected chi connectivity index (χ0v) is 7.77. The van der Waals surface area contributed by atoms with Gasteiger partial charge in [0, 0.05) is 17.5 Å². The lowest BCUT2D eigenvalue weighted by Crippen LogP contribution is -2.54. The molecular formula is C10H18N2. The highest BCUT2D eigenvalue weighted by molar-refractivity contribution is 5.32. The zero-order chi connectivity index (χ0) is 8.98. The molecule has 0 spiro atoms. The second kappa shape index (κ2) is 2.12. The summed E-state index contributed by atoms with van der Waals surface area (Å²) >= 11 is 0. The van der Waals surface area contributed by atoms with E-state index in [2.05, 4.69) is 13.5 Å². The largest absolute Gasteiger partial charge is 0.330 e. The van der Waals surface area contributed by atoms with Gasteiger partial charge < -0.3 is 11.5 Å². The predicted molar refractivity (Wildman–Crippen MR) is 50.6 cm³/mol. The Morgan fingerprint density at radius 2 is 2.33 bits per heavy atom. The van der Waals surface area contributed by atoms with Crippen LogP contribution in [0.15, 0.2) is 12.2 Å². The average Bonchev–Trinajstić information content (AvgIpc) is 2.52. The van der Waals surface area contributed by atoms with Crippen molar-refractivity contribution in [2.45, 2.75) is 31.7 Å². The lowest BCUT2D eigenvalue weighted by Gasteiger charge is -2.42. The molecule has 0 aromatic heterocycles. The van der Waals surface area contributed by atoms with Crippen LogP contribution in [0, 0.1) is 11.3 Å². The number of nitrogens with two attached hydrogens (primary N) is 2. The van der Waals surface area contributed by atoms with Gasteiger partial charge in [0.05, 0.1) is 0 Å². The van der Waals surface area contributed by atoms with Gasteiger partial charge in [-0.15, -0.1) is 0 Å². The van der Waals surface area contributed by atoms with Crippen LogP contribution in [0.2, 0.25) is 0 Å². The van der Waals surface area contributed by atoms with Gasteiger partial charge >= 0.3 is 0 Å². The third-order valence-corrected chi connectivity index (χ3v) is 4.26. The van der Waals surface area contributed by atoms with E-state index in [0.717, 1.165) is 12.8 Å². The Morgan fingerprint density at radius 1 is 1.67 bits per heavy atom. The molecule has 2 aliphatic carbocycles. The maximum Gasteiger partial charge on any atom is 0.0264 e. The molecule has 2 heteroatoms. The molecular weight excluding hydrogens is 148 g/mol. The molecule has 2 aliphatic rings. The van der Waals surface area contributed by atoms with Gasteiger partial charge in [0.25, 0.3) is 0 Å². The smallest absolute Gasteiger partial charge is 0.0264 e. The van der Waals surface area contributed by atoms with Gasteiger partial charge in [-0.2, -0.15) is 0 Å². The van der Waals surface area contributed by atoms with Crippen molar-refractivity contribution in [1.82, 2.24) is 0 Å². The van der Waals surface area contributed by atoms with Crippen molar-refractivity contribution >= 4 is 0 Å². The second-order valence-corrected chi connectivity index (χ2v) is 4.66. The molecule has 2 fully saturated rings. The SMILES string of the molecule is C=C1C2CCC(N)(C2)C1(C)CN. The molecule has 2 nitrogen and oxygen atoms in total. The van der Waals surface area contributed by atoms with E-state index in [1.807, 2.05) is 0 Å². The van der Waals surface area contributed by atoms with E-state index in [-0.39, 0.29) is 11.0 Å². The maximum atomic E-state index is 6.34. The van der Waals surface area contributed by atoms with E-state index in [1.165, 1.54) is 12.0 Å². The van der Waals surface area contributed by atoms with Crippen molar-refractivity contribution in [3.63, 3.8) is 0 Å². The first-order valence-corrected chi connectivity index (χ1v) is 4.72. The Hall–Kier alpha value is -0.340. The molecule has 3 unspecified atom stereocenters. The lowest BCUT2D eigenvalue weighted by atomic mass is 9.67. The molecule has 0 saturated heterocycles. The molecule has 0 radical (unpaired) electrons. The number of hydrogen-bond acceptors (Lipinski definition) is 2. The molecule has 3 atom stereocenters. The predicted octanol–water partition coefficient (Wildman–Crippen LogP) is 1.02. The van der Waals surface area contributed by atoms with Gasteiger partial charge in [-0.05, 0) is 25.2 Å². The standard InChI is InChI=1S/C10H18N2/c1-7-8-3-4-10(12,5-8)9(7,2)6-11/h8H,1,3-6,11-12H2,2H3. The van der Waals surface area contributed by atoms with Gasteiger partial charge in [0.15, 0.2) is 0 Å². The molecule has 2 bridgehead atoms. The van der Waals surface area contributed by atoms with E-state index in [1.54, 1.807) is 0 Å². The van der Waals surface area contributed by atoms with Crippen molar-refractivity contribution in [1.29, 1.82) is 0 Å². The van der Waals surface area contributed by atoms with Crippen LogP contribution in [0.1, 0.15) is 26.2 Å². The third-order valence-electron chi connectivity index (χ3n) is 4.26. The third kappa shape index (κ3) is 0.679. The Labute approximate surface area is 74.0 Å². The Bertz CT molecular complexity index is 236. The highest BCUT2D eigenvalue weighted by atomic mass is 14.9. The van der Waals surface area contributed by atoms with Crippen LogP contribution in [0.3, 0.4) is 0 Å². The molecule has 2 rings (SSSR count). The van der Waals surface area contributed by atoms with Gasteiger partial charge in [0.2, 0.25) is 0 Å². The Balaban J connectivity index is 2.41. The highest BCUT2D eigenvalue weighted by Gasteiger charge is 2.58. The maximum absolute atomic E-state index is 6.34. The van der Waals surface area contributed by atoms with Crippen LogP contribution in [0.5, 0.6) is 0 Å². The van der Waals surface area contributed by atoms with Crippen molar-refractivity contribution < 1.29 is 0 Å².